The predicted molar refractivity (Wildman–Crippen MR) is 118 cm³/mol. The summed E-state index contributed by atoms with van der Waals surface area (Å²) in [4.78, 5) is 19.1. The number of amides is 1. The molecule has 0 bridgehead atoms. The first-order chi connectivity index (χ1) is 15.9. The molecule has 0 aliphatic carbocycles. The number of halogens is 3. The van der Waals surface area contributed by atoms with Crippen LogP contribution < -0.4 is 0 Å². The zero-order valence-electron chi connectivity index (χ0n) is 19.8. The van der Waals surface area contributed by atoms with E-state index in [1.54, 1.807) is 27.2 Å². The molecular formula is C22H25F3N8O. The number of hydrogen-bond donors (Lipinski definition) is 0. The van der Waals surface area contributed by atoms with Gasteiger partial charge < -0.3 is 4.90 Å². The van der Waals surface area contributed by atoms with Gasteiger partial charge in [0.2, 0.25) is 0 Å². The van der Waals surface area contributed by atoms with Gasteiger partial charge in [0.25, 0.3) is 5.91 Å². The van der Waals surface area contributed by atoms with Crippen molar-refractivity contribution in [3.63, 3.8) is 0 Å². The number of aryl methyl sites for hydroxylation is 4. The highest BCUT2D eigenvalue weighted by atomic mass is 19.4. The lowest BCUT2D eigenvalue weighted by Gasteiger charge is -2.17. The fraction of sp³-hybridized carbons (Fsp3) is 0.409. The van der Waals surface area contributed by atoms with Crippen LogP contribution in [-0.2, 0) is 26.3 Å². The quantitative estimate of drug-likeness (QED) is 0.442. The van der Waals surface area contributed by atoms with E-state index in [9.17, 15) is 18.0 Å². The molecule has 4 aromatic heterocycles. The average molecular weight is 474 g/mol. The zero-order chi connectivity index (χ0) is 24.9. The summed E-state index contributed by atoms with van der Waals surface area (Å²) in [5, 5.41) is 12.5. The van der Waals surface area contributed by atoms with Crippen LogP contribution in [0.25, 0.3) is 16.9 Å². The van der Waals surface area contributed by atoms with Gasteiger partial charge in [-0.2, -0.15) is 28.5 Å². The number of carbonyl (C=O) groups excluding carboxylic acids is 1. The molecule has 0 radical (unpaired) electrons. The number of aromatic nitrogens is 7. The number of alkyl halides is 3. The van der Waals surface area contributed by atoms with E-state index in [4.69, 9.17) is 0 Å². The minimum absolute atomic E-state index is 0.0189. The zero-order valence-corrected chi connectivity index (χ0v) is 19.8. The van der Waals surface area contributed by atoms with Crippen molar-refractivity contribution in [3.8, 4) is 11.3 Å². The lowest BCUT2D eigenvalue weighted by Crippen LogP contribution is -2.27. The molecule has 0 fully saturated rings. The average Bonchev–Trinajstić information content (AvgIpc) is 3.42. The van der Waals surface area contributed by atoms with Crippen LogP contribution in [0, 0.1) is 20.8 Å². The first-order valence-corrected chi connectivity index (χ1v) is 10.7. The second kappa shape index (κ2) is 8.26. The molecule has 0 atom stereocenters. The Bertz CT molecular complexity index is 1400. The minimum Gasteiger partial charge on any atom is -0.337 e. The molecule has 0 spiro atoms. The van der Waals surface area contributed by atoms with E-state index in [-0.39, 0.29) is 23.4 Å². The first-order valence-electron chi connectivity index (χ1n) is 10.7. The van der Waals surface area contributed by atoms with Crippen LogP contribution in [0.1, 0.15) is 45.6 Å². The van der Waals surface area contributed by atoms with Crippen molar-refractivity contribution in [1.29, 1.82) is 0 Å². The Morgan fingerprint density at radius 2 is 1.85 bits per heavy atom. The van der Waals surface area contributed by atoms with Crippen molar-refractivity contribution in [1.82, 2.24) is 39.1 Å². The third-order valence-corrected chi connectivity index (χ3v) is 5.85. The minimum atomic E-state index is -4.70. The molecule has 1 amide bonds. The summed E-state index contributed by atoms with van der Waals surface area (Å²) in [6, 6.07) is 0.924. The van der Waals surface area contributed by atoms with Crippen molar-refractivity contribution in [2.75, 3.05) is 7.05 Å². The van der Waals surface area contributed by atoms with Crippen LogP contribution in [0.2, 0.25) is 0 Å². The highest BCUT2D eigenvalue weighted by Crippen LogP contribution is 2.33. The van der Waals surface area contributed by atoms with Crippen molar-refractivity contribution < 1.29 is 18.0 Å². The molecule has 0 N–H and O–H groups in total. The maximum Gasteiger partial charge on any atom is 0.433 e. The maximum absolute atomic E-state index is 13.9. The molecule has 34 heavy (non-hydrogen) atoms. The smallest absolute Gasteiger partial charge is 0.337 e. The summed E-state index contributed by atoms with van der Waals surface area (Å²) in [7, 11) is 3.26. The molecule has 0 saturated carbocycles. The summed E-state index contributed by atoms with van der Waals surface area (Å²) in [5.74, 6) is -0.487. The van der Waals surface area contributed by atoms with E-state index >= 15 is 0 Å². The third kappa shape index (κ3) is 3.93. The van der Waals surface area contributed by atoms with Gasteiger partial charge in [0.1, 0.15) is 5.56 Å². The third-order valence-electron chi connectivity index (χ3n) is 5.85. The molecule has 0 unspecified atom stereocenters. The van der Waals surface area contributed by atoms with Gasteiger partial charge in [-0.3, -0.25) is 14.2 Å². The van der Waals surface area contributed by atoms with Gasteiger partial charge >= 0.3 is 6.18 Å². The number of carbonyl (C=O) groups is 1. The first kappa shape index (κ1) is 23.5. The van der Waals surface area contributed by atoms with Crippen molar-refractivity contribution >= 4 is 11.6 Å². The van der Waals surface area contributed by atoms with Crippen LogP contribution in [0.5, 0.6) is 0 Å². The highest BCUT2D eigenvalue weighted by Gasteiger charge is 2.36. The molecule has 4 aromatic rings. The summed E-state index contributed by atoms with van der Waals surface area (Å²) in [6.07, 6.45) is -1.98. The number of fused-ring (bicyclic) bond motifs is 1. The van der Waals surface area contributed by atoms with Crippen molar-refractivity contribution in [3.05, 3.63) is 52.4 Å². The Balaban J connectivity index is 1.80. The van der Waals surface area contributed by atoms with Crippen LogP contribution in [0.15, 0.2) is 18.5 Å². The molecule has 0 aliphatic rings. The van der Waals surface area contributed by atoms with Gasteiger partial charge in [0.15, 0.2) is 11.3 Å². The highest BCUT2D eigenvalue weighted by molar-refractivity contribution is 5.99. The fourth-order valence-corrected chi connectivity index (χ4v) is 4.09. The monoisotopic (exact) mass is 474 g/mol. The van der Waals surface area contributed by atoms with Crippen LogP contribution in [-0.4, -0.2) is 52.0 Å². The molecule has 9 nitrogen and oxygen atoms in total. The standard InChI is InChI=1S/C22H25F3N8O/c1-7-32-14(4)16(12(2)29-32)10-30(5)21(34)15-9-26-33-19(22(23,24)25)8-18(27-20(15)33)17-11-31(6)28-13(17)3/h8-9,11H,7,10H2,1-6H3. The number of nitrogens with zero attached hydrogens (tertiary/aromatic N) is 8. The topological polar surface area (TPSA) is 86.1 Å². The number of hydrogen-bond acceptors (Lipinski definition) is 5. The van der Waals surface area contributed by atoms with E-state index in [0.717, 1.165) is 29.2 Å². The molecular weight excluding hydrogens is 449 g/mol. The normalized spacial score (nSPS) is 12.0. The Hall–Kier alpha value is -3.70. The van der Waals surface area contributed by atoms with E-state index in [1.807, 2.05) is 25.5 Å². The molecule has 4 rings (SSSR count). The second-order valence-corrected chi connectivity index (χ2v) is 8.25. The molecule has 0 saturated heterocycles. The van der Waals surface area contributed by atoms with Gasteiger partial charge in [-0.15, -0.1) is 0 Å². The number of rotatable bonds is 5. The maximum atomic E-state index is 13.9. The lowest BCUT2D eigenvalue weighted by atomic mass is 10.1. The van der Waals surface area contributed by atoms with Gasteiger partial charge in [0.05, 0.1) is 23.3 Å². The molecule has 180 valence electrons. The van der Waals surface area contributed by atoms with E-state index in [2.05, 4.69) is 20.3 Å². The molecule has 0 aromatic carbocycles. The second-order valence-electron chi connectivity index (χ2n) is 8.25. The van der Waals surface area contributed by atoms with Gasteiger partial charge in [-0.1, -0.05) is 0 Å². The van der Waals surface area contributed by atoms with Crippen LogP contribution >= 0.6 is 0 Å². The molecule has 0 aliphatic heterocycles. The Kier molecular flexibility index (Phi) is 5.70. The summed E-state index contributed by atoms with van der Waals surface area (Å²) < 4.78 is 45.7. The lowest BCUT2D eigenvalue weighted by molar-refractivity contribution is -0.142. The SMILES string of the molecule is CCn1nc(C)c(CN(C)C(=O)c2cnn3c(C(F)(F)F)cc(-c4cn(C)nc4C)nc23)c1C. The van der Waals surface area contributed by atoms with Crippen LogP contribution in [0.4, 0.5) is 13.2 Å². The van der Waals surface area contributed by atoms with Gasteiger partial charge in [-0.25, -0.2) is 9.50 Å². The Labute approximate surface area is 193 Å². The van der Waals surface area contributed by atoms with Gasteiger partial charge in [0, 0.05) is 50.2 Å². The summed E-state index contributed by atoms with van der Waals surface area (Å²) in [5.41, 5.74) is 2.46. The summed E-state index contributed by atoms with van der Waals surface area (Å²) in [6.45, 7) is 8.39. The summed E-state index contributed by atoms with van der Waals surface area (Å²) >= 11 is 0. The molecule has 4 heterocycles. The fourth-order valence-electron chi connectivity index (χ4n) is 4.09. The van der Waals surface area contributed by atoms with Gasteiger partial charge in [-0.05, 0) is 33.8 Å². The Morgan fingerprint density at radius 3 is 2.41 bits per heavy atom. The Morgan fingerprint density at radius 1 is 1.15 bits per heavy atom. The van der Waals surface area contributed by atoms with E-state index < -0.39 is 17.8 Å². The molecule has 12 heteroatoms. The largest absolute Gasteiger partial charge is 0.433 e. The van der Waals surface area contributed by atoms with E-state index in [0.29, 0.717) is 22.3 Å². The van der Waals surface area contributed by atoms with E-state index in [1.165, 1.54) is 9.58 Å². The van der Waals surface area contributed by atoms with Crippen molar-refractivity contribution in [2.45, 2.75) is 47.0 Å². The van der Waals surface area contributed by atoms with Crippen LogP contribution in [0.3, 0.4) is 0 Å². The van der Waals surface area contributed by atoms with Crippen molar-refractivity contribution in [2.24, 2.45) is 7.05 Å². The predicted octanol–water partition coefficient (Wildman–Crippen LogP) is 3.56.